The fraction of sp³-hybridized carbons (Fsp3) is 0.385. The zero-order valence-electron chi connectivity index (χ0n) is 10.7. The molecule has 0 saturated carbocycles. The number of carbonyl (C=O) groups is 2. The summed E-state index contributed by atoms with van der Waals surface area (Å²) < 4.78 is 18.7. The molecule has 0 aromatic heterocycles. The van der Waals surface area contributed by atoms with Crippen LogP contribution >= 0.6 is 11.8 Å². The van der Waals surface area contributed by atoms with Gasteiger partial charge in [-0.15, -0.1) is 11.8 Å². The molecule has 1 heterocycles. The van der Waals surface area contributed by atoms with E-state index in [0.717, 1.165) is 17.8 Å². The Morgan fingerprint density at radius 3 is 2.70 bits per heavy atom. The third kappa shape index (κ3) is 3.71. The van der Waals surface area contributed by atoms with Crippen LogP contribution in [-0.4, -0.2) is 53.9 Å². The van der Waals surface area contributed by atoms with Crippen molar-refractivity contribution in [3.63, 3.8) is 0 Å². The van der Waals surface area contributed by atoms with Crippen molar-refractivity contribution in [1.29, 1.82) is 0 Å². The third-order valence-electron chi connectivity index (χ3n) is 2.89. The Kier molecular flexibility index (Phi) is 4.97. The summed E-state index contributed by atoms with van der Waals surface area (Å²) >= 11 is 1.01. The first-order chi connectivity index (χ1) is 9.58. The van der Waals surface area contributed by atoms with Crippen molar-refractivity contribution in [2.75, 3.05) is 32.1 Å². The predicted molar refractivity (Wildman–Crippen MR) is 71.5 cm³/mol. The van der Waals surface area contributed by atoms with Crippen LogP contribution in [0, 0.1) is 5.82 Å². The summed E-state index contributed by atoms with van der Waals surface area (Å²) in [4.78, 5) is 24.6. The highest BCUT2D eigenvalue weighted by atomic mass is 32.2. The molecule has 108 valence electrons. The van der Waals surface area contributed by atoms with Crippen molar-refractivity contribution < 1.29 is 23.8 Å². The SMILES string of the molecule is O=C(O)c1ccc(F)c(SCC(=O)N2CCOCC2)c1. The average molecular weight is 299 g/mol. The van der Waals surface area contributed by atoms with E-state index in [-0.39, 0.29) is 22.1 Å². The largest absolute Gasteiger partial charge is 0.478 e. The number of nitrogens with zero attached hydrogens (tertiary/aromatic N) is 1. The highest BCUT2D eigenvalue weighted by molar-refractivity contribution is 8.00. The van der Waals surface area contributed by atoms with Gasteiger partial charge in [-0.2, -0.15) is 0 Å². The molecule has 1 amide bonds. The number of halogens is 1. The lowest BCUT2D eigenvalue weighted by Crippen LogP contribution is -2.41. The summed E-state index contributed by atoms with van der Waals surface area (Å²) in [5.41, 5.74) is 0.00715. The second-order valence-corrected chi connectivity index (χ2v) is 5.25. The molecule has 2 rings (SSSR count). The van der Waals surface area contributed by atoms with Gasteiger partial charge in [-0.3, -0.25) is 4.79 Å². The maximum absolute atomic E-state index is 13.6. The van der Waals surface area contributed by atoms with Gasteiger partial charge in [0.15, 0.2) is 0 Å². The minimum Gasteiger partial charge on any atom is -0.478 e. The Labute approximate surface area is 119 Å². The molecule has 0 bridgehead atoms. The molecule has 1 aliphatic rings. The van der Waals surface area contributed by atoms with Gasteiger partial charge in [0.25, 0.3) is 0 Å². The molecule has 1 N–H and O–H groups in total. The highest BCUT2D eigenvalue weighted by Crippen LogP contribution is 2.23. The molecule has 0 aliphatic carbocycles. The zero-order chi connectivity index (χ0) is 14.5. The number of aromatic carboxylic acids is 1. The Balaban J connectivity index is 1.97. The molecule has 0 atom stereocenters. The van der Waals surface area contributed by atoms with Gasteiger partial charge in [-0.05, 0) is 18.2 Å². The molecular formula is C13H14FNO4S. The predicted octanol–water partition coefficient (Wildman–Crippen LogP) is 1.47. The number of hydrogen-bond acceptors (Lipinski definition) is 4. The van der Waals surface area contributed by atoms with E-state index in [1.54, 1.807) is 4.90 Å². The topological polar surface area (TPSA) is 66.8 Å². The summed E-state index contributed by atoms with van der Waals surface area (Å²) in [5.74, 6) is -1.65. The van der Waals surface area contributed by atoms with Crippen molar-refractivity contribution in [2.45, 2.75) is 4.90 Å². The fourth-order valence-electron chi connectivity index (χ4n) is 1.79. The molecule has 0 unspecified atom stereocenters. The number of morpholine rings is 1. The molecule has 0 radical (unpaired) electrons. The Morgan fingerprint density at radius 2 is 2.05 bits per heavy atom. The first kappa shape index (κ1) is 14.8. The number of thioether (sulfide) groups is 1. The van der Waals surface area contributed by atoms with Gasteiger partial charge in [0.05, 0.1) is 24.5 Å². The van der Waals surface area contributed by atoms with Crippen LogP contribution in [0.2, 0.25) is 0 Å². The first-order valence-electron chi connectivity index (χ1n) is 6.09. The number of carbonyl (C=O) groups excluding carboxylic acids is 1. The van der Waals surface area contributed by atoms with E-state index >= 15 is 0 Å². The molecular weight excluding hydrogens is 285 g/mol. The second kappa shape index (κ2) is 6.71. The standard InChI is InChI=1S/C13H14FNO4S/c14-10-2-1-9(13(17)18)7-11(10)20-8-12(16)15-3-5-19-6-4-15/h1-2,7H,3-6,8H2,(H,17,18). The van der Waals surface area contributed by atoms with E-state index in [9.17, 15) is 14.0 Å². The summed E-state index contributed by atoms with van der Waals surface area (Å²) in [6.45, 7) is 2.10. The van der Waals surface area contributed by atoms with E-state index in [4.69, 9.17) is 9.84 Å². The minimum absolute atomic E-state index is 0.00715. The summed E-state index contributed by atoms with van der Waals surface area (Å²) in [6.07, 6.45) is 0. The number of benzene rings is 1. The van der Waals surface area contributed by atoms with Crippen molar-refractivity contribution >= 4 is 23.6 Å². The maximum Gasteiger partial charge on any atom is 0.335 e. The van der Waals surface area contributed by atoms with Crippen LogP contribution in [-0.2, 0) is 9.53 Å². The van der Waals surface area contributed by atoms with Gasteiger partial charge >= 0.3 is 5.97 Å². The number of amides is 1. The van der Waals surface area contributed by atoms with E-state index < -0.39 is 11.8 Å². The van der Waals surface area contributed by atoms with Gasteiger partial charge in [0.2, 0.25) is 5.91 Å². The van der Waals surface area contributed by atoms with Gasteiger partial charge < -0.3 is 14.7 Å². The van der Waals surface area contributed by atoms with Crippen LogP contribution in [0.15, 0.2) is 23.1 Å². The van der Waals surface area contributed by atoms with E-state index in [0.29, 0.717) is 26.3 Å². The number of rotatable bonds is 4. The van der Waals surface area contributed by atoms with Crippen LogP contribution < -0.4 is 0 Å². The molecule has 20 heavy (non-hydrogen) atoms. The summed E-state index contributed by atoms with van der Waals surface area (Å²) in [6, 6.07) is 3.55. The average Bonchev–Trinajstić information content (AvgIpc) is 2.46. The van der Waals surface area contributed by atoms with Crippen molar-refractivity contribution in [3.8, 4) is 0 Å². The Hall–Kier alpha value is -1.60. The van der Waals surface area contributed by atoms with Crippen LogP contribution in [0.3, 0.4) is 0 Å². The van der Waals surface area contributed by atoms with E-state index in [1.807, 2.05) is 0 Å². The lowest BCUT2D eigenvalue weighted by atomic mass is 10.2. The molecule has 1 fully saturated rings. The molecule has 1 aliphatic heterocycles. The second-order valence-electron chi connectivity index (χ2n) is 4.23. The quantitative estimate of drug-likeness (QED) is 0.853. The van der Waals surface area contributed by atoms with E-state index in [1.165, 1.54) is 12.1 Å². The monoisotopic (exact) mass is 299 g/mol. The van der Waals surface area contributed by atoms with Crippen LogP contribution in [0.5, 0.6) is 0 Å². The summed E-state index contributed by atoms with van der Waals surface area (Å²) in [5, 5.41) is 8.86. The first-order valence-corrected chi connectivity index (χ1v) is 7.07. The van der Waals surface area contributed by atoms with Gasteiger partial charge in [-0.25, -0.2) is 9.18 Å². The smallest absolute Gasteiger partial charge is 0.335 e. The maximum atomic E-state index is 13.6. The van der Waals surface area contributed by atoms with Crippen LogP contribution in [0.4, 0.5) is 4.39 Å². The third-order valence-corrected chi connectivity index (χ3v) is 3.91. The van der Waals surface area contributed by atoms with E-state index in [2.05, 4.69) is 0 Å². The van der Waals surface area contributed by atoms with Crippen molar-refractivity contribution in [2.24, 2.45) is 0 Å². The van der Waals surface area contributed by atoms with Gasteiger partial charge in [-0.1, -0.05) is 0 Å². The van der Waals surface area contributed by atoms with Crippen LogP contribution in [0.25, 0.3) is 0 Å². The summed E-state index contributed by atoms with van der Waals surface area (Å²) in [7, 11) is 0. The van der Waals surface area contributed by atoms with Crippen molar-refractivity contribution in [3.05, 3.63) is 29.6 Å². The normalized spacial score (nSPS) is 15.2. The molecule has 1 aromatic rings. The number of carboxylic acids is 1. The molecule has 7 heteroatoms. The lowest BCUT2D eigenvalue weighted by molar-refractivity contribution is -0.132. The van der Waals surface area contributed by atoms with Gasteiger partial charge in [0, 0.05) is 18.0 Å². The molecule has 1 saturated heterocycles. The Morgan fingerprint density at radius 1 is 1.35 bits per heavy atom. The highest BCUT2D eigenvalue weighted by Gasteiger charge is 2.18. The fourth-order valence-corrected chi connectivity index (χ4v) is 2.67. The number of ether oxygens (including phenoxy) is 1. The number of hydrogen-bond donors (Lipinski definition) is 1. The number of carboxylic acid groups (broad SMARTS) is 1. The molecule has 0 spiro atoms. The zero-order valence-corrected chi connectivity index (χ0v) is 11.5. The van der Waals surface area contributed by atoms with Gasteiger partial charge in [0.1, 0.15) is 5.82 Å². The lowest BCUT2D eigenvalue weighted by Gasteiger charge is -2.26. The molecule has 1 aromatic carbocycles. The Bertz CT molecular complexity index is 517. The molecule has 5 nitrogen and oxygen atoms in total. The van der Waals surface area contributed by atoms with Crippen molar-refractivity contribution in [1.82, 2.24) is 4.90 Å². The minimum atomic E-state index is -1.12. The van der Waals surface area contributed by atoms with Crippen LogP contribution in [0.1, 0.15) is 10.4 Å².